The van der Waals surface area contributed by atoms with E-state index in [2.05, 4.69) is 40.0 Å². The van der Waals surface area contributed by atoms with E-state index in [1.54, 1.807) is 0 Å². The number of likely N-dealkylation sites (tertiary alicyclic amines) is 1. The van der Waals surface area contributed by atoms with E-state index in [-0.39, 0.29) is 5.91 Å². The van der Waals surface area contributed by atoms with Crippen molar-refractivity contribution in [2.75, 3.05) is 19.6 Å². The van der Waals surface area contributed by atoms with Crippen molar-refractivity contribution in [2.45, 2.75) is 45.7 Å². The third-order valence-corrected chi connectivity index (χ3v) is 6.14. The highest BCUT2D eigenvalue weighted by Gasteiger charge is 2.30. The zero-order chi connectivity index (χ0) is 19.3. The van der Waals surface area contributed by atoms with Crippen LogP contribution in [0.25, 0.3) is 11.0 Å². The number of rotatable bonds is 2. The number of nitrogens with zero attached hydrogens (tertiary/aromatic N) is 4. The van der Waals surface area contributed by atoms with Crippen molar-refractivity contribution in [3.05, 3.63) is 46.7 Å². The van der Waals surface area contributed by atoms with Crippen molar-refractivity contribution in [2.24, 2.45) is 0 Å². The molecule has 1 amide bonds. The first kappa shape index (κ1) is 17.4. The van der Waals surface area contributed by atoms with Crippen LogP contribution in [0.5, 0.6) is 0 Å². The van der Waals surface area contributed by atoms with Gasteiger partial charge >= 0.3 is 0 Å². The fourth-order valence-corrected chi connectivity index (χ4v) is 4.32. The van der Waals surface area contributed by atoms with Crippen LogP contribution in [0, 0.1) is 13.8 Å². The van der Waals surface area contributed by atoms with Crippen LogP contribution < -0.4 is 5.32 Å². The molecule has 5 rings (SSSR count). The van der Waals surface area contributed by atoms with Gasteiger partial charge in [0.05, 0.1) is 6.54 Å². The molecule has 0 atom stereocenters. The second kappa shape index (κ2) is 6.74. The van der Waals surface area contributed by atoms with E-state index in [1.165, 1.54) is 11.1 Å². The molecule has 2 aliphatic rings. The largest absolute Gasteiger partial charge is 0.451 e. The maximum Gasteiger partial charge on any atom is 0.289 e. The number of carbonyl (C=O) groups excluding carboxylic acids is 1. The number of piperidine rings is 1. The predicted octanol–water partition coefficient (Wildman–Crippen LogP) is 2.76. The molecule has 1 N–H and O–H groups in total. The summed E-state index contributed by atoms with van der Waals surface area (Å²) in [4.78, 5) is 14.9. The molecule has 0 radical (unpaired) electrons. The molecule has 1 aromatic carbocycles. The Kier molecular flexibility index (Phi) is 4.19. The number of furan rings is 1. The Balaban J connectivity index is 1.30. The van der Waals surface area contributed by atoms with E-state index < -0.39 is 0 Å². The first-order chi connectivity index (χ1) is 13.6. The minimum absolute atomic E-state index is 0.0163. The fraction of sp³-hybridized carbons (Fsp3) is 0.476. The van der Waals surface area contributed by atoms with Gasteiger partial charge in [0.25, 0.3) is 5.91 Å². The van der Waals surface area contributed by atoms with Crippen molar-refractivity contribution in [3.8, 4) is 0 Å². The van der Waals surface area contributed by atoms with Gasteiger partial charge in [0.15, 0.2) is 5.76 Å². The predicted molar refractivity (Wildman–Crippen MR) is 105 cm³/mol. The van der Waals surface area contributed by atoms with Gasteiger partial charge in [-0.3, -0.25) is 4.79 Å². The van der Waals surface area contributed by atoms with Gasteiger partial charge in [0.2, 0.25) is 0 Å². The molecule has 28 heavy (non-hydrogen) atoms. The lowest BCUT2D eigenvalue weighted by atomic mass is 9.95. The van der Waals surface area contributed by atoms with Crippen molar-refractivity contribution < 1.29 is 9.21 Å². The molecule has 2 aromatic heterocycles. The fourth-order valence-electron chi connectivity index (χ4n) is 4.32. The van der Waals surface area contributed by atoms with E-state index in [0.29, 0.717) is 11.7 Å². The lowest BCUT2D eigenvalue weighted by Crippen LogP contribution is -2.38. The number of nitrogens with one attached hydrogen (secondary N) is 1. The molecule has 146 valence electrons. The second-order valence-electron chi connectivity index (χ2n) is 7.95. The Morgan fingerprint density at radius 2 is 1.89 bits per heavy atom. The summed E-state index contributed by atoms with van der Waals surface area (Å²) in [7, 11) is 0. The van der Waals surface area contributed by atoms with Gasteiger partial charge in [-0.25, -0.2) is 0 Å². The molecule has 1 fully saturated rings. The highest BCUT2D eigenvalue weighted by molar-refractivity contribution is 5.96. The molecule has 3 aromatic rings. The summed E-state index contributed by atoms with van der Waals surface area (Å²) in [5.41, 5.74) is 3.17. The first-order valence-electron chi connectivity index (χ1n) is 10.0. The van der Waals surface area contributed by atoms with Crippen LogP contribution in [-0.4, -0.2) is 45.2 Å². The summed E-state index contributed by atoms with van der Waals surface area (Å²) in [6.45, 7) is 8.25. The first-order valence-corrected chi connectivity index (χ1v) is 10.0. The van der Waals surface area contributed by atoms with Crippen molar-refractivity contribution in [1.82, 2.24) is 25.0 Å². The normalized spacial score (nSPS) is 17.9. The number of fused-ring (bicyclic) bond motifs is 2. The maximum atomic E-state index is 13.0. The van der Waals surface area contributed by atoms with E-state index in [4.69, 9.17) is 4.42 Å². The third-order valence-electron chi connectivity index (χ3n) is 6.14. The molecule has 0 spiro atoms. The zero-order valence-electron chi connectivity index (χ0n) is 16.4. The van der Waals surface area contributed by atoms with Crippen molar-refractivity contribution in [1.29, 1.82) is 0 Å². The standard InChI is InChI=1S/C21H25N5O2/c1-13-9-16-11-18(28-17(16)10-14(13)2)21(27)25-6-3-15(4-7-25)20-24-23-19-12-22-5-8-26(19)20/h9-11,15,22H,3-8,12H2,1-2H3. The minimum atomic E-state index is -0.0163. The minimum Gasteiger partial charge on any atom is -0.451 e. The second-order valence-corrected chi connectivity index (χ2v) is 7.95. The summed E-state index contributed by atoms with van der Waals surface area (Å²) < 4.78 is 8.12. The van der Waals surface area contributed by atoms with Gasteiger partial charge in [0, 0.05) is 37.5 Å². The Labute approximate surface area is 163 Å². The Morgan fingerprint density at radius 3 is 2.71 bits per heavy atom. The molecular weight excluding hydrogens is 354 g/mol. The highest BCUT2D eigenvalue weighted by atomic mass is 16.3. The number of benzene rings is 1. The van der Waals surface area contributed by atoms with Crippen LogP contribution >= 0.6 is 0 Å². The van der Waals surface area contributed by atoms with Crippen LogP contribution in [0.3, 0.4) is 0 Å². The van der Waals surface area contributed by atoms with Crippen molar-refractivity contribution in [3.63, 3.8) is 0 Å². The van der Waals surface area contributed by atoms with Crippen LogP contribution in [-0.2, 0) is 13.1 Å². The van der Waals surface area contributed by atoms with Crippen LogP contribution in [0.15, 0.2) is 22.6 Å². The molecule has 0 saturated carbocycles. The van der Waals surface area contributed by atoms with E-state index >= 15 is 0 Å². The molecule has 0 unspecified atom stereocenters. The summed E-state index contributed by atoms with van der Waals surface area (Å²) in [6.07, 6.45) is 1.82. The summed E-state index contributed by atoms with van der Waals surface area (Å²) in [6, 6.07) is 5.97. The molecule has 4 heterocycles. The number of hydrogen-bond acceptors (Lipinski definition) is 5. The van der Waals surface area contributed by atoms with Gasteiger partial charge in [-0.2, -0.15) is 0 Å². The number of carbonyl (C=O) groups is 1. The summed E-state index contributed by atoms with van der Waals surface area (Å²) >= 11 is 0. The molecule has 1 saturated heterocycles. The summed E-state index contributed by atoms with van der Waals surface area (Å²) in [5, 5.41) is 13.1. The van der Waals surface area contributed by atoms with Crippen LogP contribution in [0.4, 0.5) is 0 Å². The van der Waals surface area contributed by atoms with Gasteiger partial charge in [-0.15, -0.1) is 10.2 Å². The third kappa shape index (κ3) is 2.90. The number of amides is 1. The lowest BCUT2D eigenvalue weighted by molar-refractivity contribution is 0.0680. The molecule has 0 bridgehead atoms. The highest BCUT2D eigenvalue weighted by Crippen LogP contribution is 2.30. The molecule has 0 aliphatic carbocycles. The van der Waals surface area contributed by atoms with Gasteiger partial charge in [0.1, 0.15) is 17.2 Å². The average molecular weight is 379 g/mol. The zero-order valence-corrected chi connectivity index (χ0v) is 16.4. The Bertz CT molecular complexity index is 1000. The SMILES string of the molecule is Cc1cc2cc(C(=O)N3CCC(c4nnc5n4CCNC5)CC3)oc2cc1C. The smallest absolute Gasteiger partial charge is 0.289 e. The lowest BCUT2D eigenvalue weighted by Gasteiger charge is -2.31. The van der Waals surface area contributed by atoms with Crippen LogP contribution in [0.1, 0.15) is 52.1 Å². The van der Waals surface area contributed by atoms with Gasteiger partial charge in [-0.1, -0.05) is 0 Å². The molecule has 7 nitrogen and oxygen atoms in total. The van der Waals surface area contributed by atoms with Crippen molar-refractivity contribution >= 4 is 16.9 Å². The molecule has 7 heteroatoms. The van der Waals surface area contributed by atoms with E-state index in [0.717, 1.165) is 68.2 Å². The molecule has 2 aliphatic heterocycles. The van der Waals surface area contributed by atoms with Gasteiger partial charge < -0.3 is 19.2 Å². The maximum absolute atomic E-state index is 13.0. The topological polar surface area (TPSA) is 76.2 Å². The Morgan fingerprint density at radius 1 is 1.11 bits per heavy atom. The monoisotopic (exact) mass is 379 g/mol. The Hall–Kier alpha value is -2.67. The quantitative estimate of drug-likeness (QED) is 0.741. The van der Waals surface area contributed by atoms with E-state index in [9.17, 15) is 4.79 Å². The van der Waals surface area contributed by atoms with Gasteiger partial charge in [-0.05, 0) is 56.0 Å². The number of aryl methyl sites for hydroxylation is 2. The summed E-state index contributed by atoms with van der Waals surface area (Å²) in [5.74, 6) is 2.89. The average Bonchev–Trinajstić information content (AvgIpc) is 3.32. The number of aromatic nitrogens is 3. The molecular formula is C21H25N5O2. The van der Waals surface area contributed by atoms with Crippen LogP contribution in [0.2, 0.25) is 0 Å². The van der Waals surface area contributed by atoms with E-state index in [1.807, 2.05) is 17.0 Å². The number of hydrogen-bond donors (Lipinski definition) is 1.